The summed E-state index contributed by atoms with van der Waals surface area (Å²) in [5.41, 5.74) is 2.22. The van der Waals surface area contributed by atoms with E-state index in [-0.39, 0.29) is 25.0 Å². The summed E-state index contributed by atoms with van der Waals surface area (Å²) in [4.78, 5) is 28.8. The number of amides is 2. The van der Waals surface area contributed by atoms with E-state index in [4.69, 9.17) is 9.47 Å². The van der Waals surface area contributed by atoms with E-state index in [0.29, 0.717) is 22.3 Å². The van der Waals surface area contributed by atoms with Crippen molar-refractivity contribution in [3.63, 3.8) is 0 Å². The SMILES string of the molecule is O=C(COc1ccc(Br)cc1)Nc1ccc(-c2csc(NC(=O)COc3ccc(Br)cc3)n2)cc1. The number of aromatic nitrogens is 1. The number of benzene rings is 3. The quantitative estimate of drug-likeness (QED) is 0.228. The van der Waals surface area contributed by atoms with Crippen LogP contribution in [0.25, 0.3) is 11.3 Å². The van der Waals surface area contributed by atoms with Crippen molar-refractivity contribution in [2.75, 3.05) is 23.8 Å². The summed E-state index contributed by atoms with van der Waals surface area (Å²) in [5, 5.41) is 7.87. The van der Waals surface area contributed by atoms with Gasteiger partial charge in [-0.2, -0.15) is 0 Å². The summed E-state index contributed by atoms with van der Waals surface area (Å²) in [5.74, 6) is 0.669. The lowest BCUT2D eigenvalue weighted by Gasteiger charge is -2.08. The third-order valence-electron chi connectivity index (χ3n) is 4.58. The fourth-order valence-electron chi connectivity index (χ4n) is 2.90. The van der Waals surface area contributed by atoms with Gasteiger partial charge in [-0.15, -0.1) is 11.3 Å². The molecule has 4 rings (SSSR count). The minimum absolute atomic E-state index is 0.0932. The molecule has 178 valence electrons. The largest absolute Gasteiger partial charge is 0.484 e. The van der Waals surface area contributed by atoms with Crippen molar-refractivity contribution in [1.82, 2.24) is 4.98 Å². The van der Waals surface area contributed by atoms with E-state index in [1.807, 2.05) is 41.8 Å². The summed E-state index contributed by atoms with van der Waals surface area (Å²) < 4.78 is 12.8. The number of anilines is 2. The molecule has 3 aromatic carbocycles. The highest BCUT2D eigenvalue weighted by Gasteiger charge is 2.10. The number of halogens is 2. The molecule has 0 bridgehead atoms. The monoisotopic (exact) mass is 615 g/mol. The minimum Gasteiger partial charge on any atom is -0.484 e. The number of ether oxygens (including phenoxy) is 2. The third-order valence-corrected chi connectivity index (χ3v) is 6.40. The van der Waals surface area contributed by atoms with Crippen molar-refractivity contribution in [2.45, 2.75) is 0 Å². The first kappa shape index (κ1) is 24.9. The number of carbonyl (C=O) groups is 2. The highest BCUT2D eigenvalue weighted by Crippen LogP contribution is 2.26. The summed E-state index contributed by atoms with van der Waals surface area (Å²) >= 11 is 8.03. The van der Waals surface area contributed by atoms with Gasteiger partial charge in [0.15, 0.2) is 18.3 Å². The molecule has 0 aliphatic heterocycles. The molecule has 0 atom stereocenters. The molecular weight excluding hydrogens is 598 g/mol. The van der Waals surface area contributed by atoms with Gasteiger partial charge < -0.3 is 14.8 Å². The average Bonchev–Trinajstić information content (AvgIpc) is 3.32. The van der Waals surface area contributed by atoms with E-state index in [1.54, 1.807) is 36.4 Å². The van der Waals surface area contributed by atoms with Crippen LogP contribution in [-0.2, 0) is 9.59 Å². The van der Waals surface area contributed by atoms with Crippen LogP contribution < -0.4 is 20.1 Å². The van der Waals surface area contributed by atoms with Crippen molar-refractivity contribution >= 4 is 65.8 Å². The van der Waals surface area contributed by atoms with Gasteiger partial charge in [-0.3, -0.25) is 14.9 Å². The van der Waals surface area contributed by atoms with E-state index in [0.717, 1.165) is 20.2 Å². The molecule has 1 aromatic heterocycles. The lowest BCUT2D eigenvalue weighted by molar-refractivity contribution is -0.118. The van der Waals surface area contributed by atoms with Crippen LogP contribution in [-0.4, -0.2) is 30.0 Å². The number of rotatable bonds is 9. The predicted molar refractivity (Wildman–Crippen MR) is 144 cm³/mol. The maximum atomic E-state index is 12.2. The van der Waals surface area contributed by atoms with E-state index in [2.05, 4.69) is 47.5 Å². The topological polar surface area (TPSA) is 89.6 Å². The Morgan fingerprint density at radius 2 is 1.26 bits per heavy atom. The molecule has 7 nitrogen and oxygen atoms in total. The van der Waals surface area contributed by atoms with Crippen LogP contribution in [0.4, 0.5) is 10.8 Å². The Kier molecular flexibility index (Phi) is 8.51. The lowest BCUT2D eigenvalue weighted by atomic mass is 10.1. The molecule has 2 amide bonds. The molecule has 1 heterocycles. The molecule has 0 fully saturated rings. The van der Waals surface area contributed by atoms with Gasteiger partial charge >= 0.3 is 0 Å². The fraction of sp³-hybridized carbons (Fsp3) is 0.0800. The molecule has 0 aliphatic rings. The molecule has 2 N–H and O–H groups in total. The van der Waals surface area contributed by atoms with Gasteiger partial charge in [0, 0.05) is 25.6 Å². The van der Waals surface area contributed by atoms with Gasteiger partial charge in [0.25, 0.3) is 11.8 Å². The smallest absolute Gasteiger partial charge is 0.264 e. The summed E-state index contributed by atoms with van der Waals surface area (Å²) in [6, 6.07) is 21.8. The molecule has 0 saturated heterocycles. The molecule has 35 heavy (non-hydrogen) atoms. The number of carbonyl (C=O) groups excluding carboxylic acids is 2. The highest BCUT2D eigenvalue weighted by molar-refractivity contribution is 9.10. The molecule has 0 saturated carbocycles. The van der Waals surface area contributed by atoms with Gasteiger partial charge in [-0.25, -0.2) is 4.98 Å². The maximum Gasteiger partial charge on any atom is 0.264 e. The number of hydrogen-bond acceptors (Lipinski definition) is 6. The van der Waals surface area contributed by atoms with Crippen LogP contribution in [0.1, 0.15) is 0 Å². The second-order valence-corrected chi connectivity index (χ2v) is 9.89. The van der Waals surface area contributed by atoms with Gasteiger partial charge in [-0.1, -0.05) is 44.0 Å². The second-order valence-electron chi connectivity index (χ2n) is 7.20. The molecule has 0 radical (unpaired) electrons. The van der Waals surface area contributed by atoms with E-state index in [9.17, 15) is 9.59 Å². The number of hydrogen-bond donors (Lipinski definition) is 2. The van der Waals surface area contributed by atoms with Gasteiger partial charge in [0.05, 0.1) is 5.69 Å². The summed E-state index contributed by atoms with van der Waals surface area (Å²) in [6.45, 7) is -0.208. The molecule has 0 spiro atoms. The van der Waals surface area contributed by atoms with Gasteiger partial charge in [0.1, 0.15) is 11.5 Å². The minimum atomic E-state index is -0.294. The van der Waals surface area contributed by atoms with E-state index in [1.165, 1.54) is 11.3 Å². The van der Waals surface area contributed by atoms with Crippen LogP contribution in [0.15, 0.2) is 87.1 Å². The molecule has 4 aromatic rings. The van der Waals surface area contributed by atoms with E-state index < -0.39 is 0 Å². The van der Waals surface area contributed by atoms with Crippen molar-refractivity contribution < 1.29 is 19.1 Å². The first-order valence-corrected chi connectivity index (χ1v) is 12.8. The first-order chi connectivity index (χ1) is 16.9. The van der Waals surface area contributed by atoms with Gasteiger partial charge in [0.2, 0.25) is 0 Å². The van der Waals surface area contributed by atoms with Crippen LogP contribution in [0.2, 0.25) is 0 Å². The van der Waals surface area contributed by atoms with Crippen molar-refractivity contribution in [3.8, 4) is 22.8 Å². The zero-order valence-corrected chi connectivity index (χ0v) is 22.2. The maximum absolute atomic E-state index is 12.2. The molecule has 10 heteroatoms. The van der Waals surface area contributed by atoms with Crippen molar-refractivity contribution in [3.05, 3.63) is 87.1 Å². The van der Waals surface area contributed by atoms with Crippen LogP contribution in [0, 0.1) is 0 Å². The van der Waals surface area contributed by atoms with Crippen LogP contribution >= 0.6 is 43.2 Å². The average molecular weight is 617 g/mol. The molecular formula is C25H19Br2N3O4S. The second kappa shape index (κ2) is 12.0. The van der Waals surface area contributed by atoms with Crippen LogP contribution in [0.5, 0.6) is 11.5 Å². The Labute approximate surface area is 222 Å². The van der Waals surface area contributed by atoms with E-state index >= 15 is 0 Å². The Hall–Kier alpha value is -3.21. The van der Waals surface area contributed by atoms with Crippen molar-refractivity contribution in [1.29, 1.82) is 0 Å². The molecule has 0 aliphatic carbocycles. The summed E-state index contributed by atoms with van der Waals surface area (Å²) in [6.07, 6.45) is 0. The highest BCUT2D eigenvalue weighted by atomic mass is 79.9. The lowest BCUT2D eigenvalue weighted by Crippen LogP contribution is -2.20. The van der Waals surface area contributed by atoms with Gasteiger partial charge in [-0.05, 0) is 60.7 Å². The Morgan fingerprint density at radius 1 is 0.743 bits per heavy atom. The standard InChI is InChI=1S/C25H19Br2N3O4S/c26-17-3-9-20(10-4-17)33-13-23(31)28-19-7-1-16(2-8-19)22-15-35-25(29-22)30-24(32)14-34-21-11-5-18(27)6-12-21/h1-12,15H,13-14H2,(H,28,31)(H,29,30,32). The number of thiazole rings is 1. The Bertz CT molecular complexity index is 1290. The number of nitrogens with one attached hydrogen (secondary N) is 2. The van der Waals surface area contributed by atoms with Crippen molar-refractivity contribution in [2.24, 2.45) is 0 Å². The number of nitrogens with zero attached hydrogens (tertiary/aromatic N) is 1. The predicted octanol–water partition coefficient (Wildman–Crippen LogP) is 6.37. The van der Waals surface area contributed by atoms with Crippen LogP contribution in [0.3, 0.4) is 0 Å². The molecule has 0 unspecified atom stereocenters. The third kappa shape index (κ3) is 7.64. The fourth-order valence-corrected chi connectivity index (χ4v) is 4.16. The zero-order chi connectivity index (χ0) is 24.6. The Balaban J connectivity index is 1.25. The summed E-state index contributed by atoms with van der Waals surface area (Å²) in [7, 11) is 0. The Morgan fingerprint density at radius 3 is 1.80 bits per heavy atom. The zero-order valence-electron chi connectivity index (χ0n) is 18.2. The normalized spacial score (nSPS) is 10.5. The first-order valence-electron chi connectivity index (χ1n) is 10.4.